The predicted octanol–water partition coefficient (Wildman–Crippen LogP) is -0.885. The molecule has 0 unspecified atom stereocenters. The SMILES string of the molecule is COC(=O)[C@@]12Oc3ccc(-c4ccc5c(c4O)C(=O)[C@]4(O)[C@H]6C[C@@H](C)[C@@H](O)[C@]4(O5)C(=O)O6)c(O)c3C(=O)[C@@]1(O)[C@@H](O)C[C@H](C)[C@@H]2O. The second-order valence-electron chi connectivity index (χ2n) is 12.8. The Morgan fingerprint density at radius 2 is 1.33 bits per heavy atom. The van der Waals surface area contributed by atoms with Gasteiger partial charge in [0.2, 0.25) is 22.8 Å². The molecule has 15 nitrogen and oxygen atoms in total. The minimum Gasteiger partial charge on any atom is -0.506 e. The predicted molar refractivity (Wildman–Crippen MR) is 148 cm³/mol. The van der Waals surface area contributed by atoms with E-state index in [0.29, 0.717) is 0 Å². The zero-order valence-electron chi connectivity index (χ0n) is 24.6. The number of aliphatic hydroxyl groups excluding tert-OH is 3. The van der Waals surface area contributed by atoms with Crippen LogP contribution in [0, 0.1) is 11.8 Å². The molecule has 1 saturated heterocycles. The van der Waals surface area contributed by atoms with Crippen molar-refractivity contribution in [2.75, 3.05) is 7.11 Å². The number of hydrogen-bond donors (Lipinski definition) is 7. The Labute approximate surface area is 259 Å². The lowest BCUT2D eigenvalue weighted by Crippen LogP contribution is -2.81. The van der Waals surface area contributed by atoms with Crippen LogP contribution in [0.4, 0.5) is 0 Å². The molecule has 3 heterocycles. The first-order valence-electron chi connectivity index (χ1n) is 14.5. The Morgan fingerprint density at radius 1 is 0.804 bits per heavy atom. The lowest BCUT2D eigenvalue weighted by atomic mass is 9.60. The molecule has 2 aromatic rings. The van der Waals surface area contributed by atoms with Gasteiger partial charge in [0.15, 0.2) is 0 Å². The molecule has 2 bridgehead atoms. The van der Waals surface area contributed by atoms with Crippen LogP contribution in [0.5, 0.6) is 23.0 Å². The third kappa shape index (κ3) is 3.05. The molecule has 7 rings (SSSR count). The highest BCUT2D eigenvalue weighted by Gasteiger charge is 2.82. The Hall–Kier alpha value is -4.28. The molecule has 244 valence electrons. The van der Waals surface area contributed by atoms with Crippen molar-refractivity contribution in [3.05, 3.63) is 35.4 Å². The molecule has 0 amide bonds. The van der Waals surface area contributed by atoms with Crippen molar-refractivity contribution in [2.45, 2.75) is 73.5 Å². The quantitative estimate of drug-likeness (QED) is 0.197. The second-order valence-corrected chi connectivity index (χ2v) is 12.8. The smallest absolute Gasteiger partial charge is 0.357 e. The van der Waals surface area contributed by atoms with Crippen LogP contribution in [-0.2, 0) is 19.1 Å². The Balaban J connectivity index is 1.38. The van der Waals surface area contributed by atoms with Gasteiger partial charge in [-0.25, -0.2) is 9.59 Å². The molecule has 3 aliphatic heterocycles. The normalized spacial score (nSPS) is 40.4. The van der Waals surface area contributed by atoms with E-state index in [2.05, 4.69) is 0 Å². The number of aromatic hydroxyl groups is 2. The summed E-state index contributed by atoms with van der Waals surface area (Å²) >= 11 is 0. The van der Waals surface area contributed by atoms with Crippen molar-refractivity contribution in [1.29, 1.82) is 0 Å². The molecule has 10 atom stereocenters. The fourth-order valence-corrected chi connectivity index (χ4v) is 7.99. The van der Waals surface area contributed by atoms with Gasteiger partial charge in [-0.15, -0.1) is 0 Å². The highest BCUT2D eigenvalue weighted by atomic mass is 16.6. The van der Waals surface area contributed by atoms with E-state index in [0.717, 1.165) is 25.3 Å². The number of phenols is 2. The summed E-state index contributed by atoms with van der Waals surface area (Å²) in [5, 5.41) is 79.2. The van der Waals surface area contributed by atoms with Crippen molar-refractivity contribution in [3.8, 4) is 34.1 Å². The molecule has 15 heteroatoms. The molecule has 5 aliphatic rings. The standard InChI is InChI=1S/C31H30O15/c1-10-8-16(32)28(41)24(37)18-14(45-30(28,22(10)35)26(39)43-3)6-4-12(20(18)33)13-5-7-15-19(21(13)34)25(38)29(42)17-9-11(2)23(36)31(29,46-15)27(40)44-17/h4-7,10-11,16-17,22-23,32-36,41-42H,8-9H2,1-3H3/t10-,11+,16-,17+,22-,23+,28-,29+,30+,31-/m0/s1. The number of esters is 2. The monoisotopic (exact) mass is 642 g/mol. The number of methoxy groups -OCH3 is 1. The minimum atomic E-state index is -3.13. The van der Waals surface area contributed by atoms with Gasteiger partial charge in [-0.1, -0.05) is 13.8 Å². The number of ketones is 2. The fraction of sp³-hybridized carbons (Fsp3) is 0.484. The van der Waals surface area contributed by atoms with Crippen molar-refractivity contribution < 1.29 is 73.9 Å². The van der Waals surface area contributed by atoms with Crippen LogP contribution in [0.3, 0.4) is 0 Å². The zero-order chi connectivity index (χ0) is 33.5. The molecular weight excluding hydrogens is 612 g/mol. The molecular formula is C31H30O15. The van der Waals surface area contributed by atoms with Crippen LogP contribution in [0.1, 0.15) is 47.4 Å². The van der Waals surface area contributed by atoms with E-state index in [4.69, 9.17) is 18.9 Å². The summed E-state index contributed by atoms with van der Waals surface area (Å²) < 4.78 is 21.6. The van der Waals surface area contributed by atoms with Gasteiger partial charge in [-0.2, -0.15) is 0 Å². The summed E-state index contributed by atoms with van der Waals surface area (Å²) in [4.78, 5) is 53.9. The van der Waals surface area contributed by atoms with Crippen LogP contribution < -0.4 is 9.47 Å². The second kappa shape index (κ2) is 9.17. The van der Waals surface area contributed by atoms with Crippen molar-refractivity contribution in [1.82, 2.24) is 0 Å². The van der Waals surface area contributed by atoms with Crippen molar-refractivity contribution in [3.63, 3.8) is 0 Å². The fourth-order valence-electron chi connectivity index (χ4n) is 7.99. The third-order valence-electron chi connectivity index (χ3n) is 10.5. The maximum absolute atomic E-state index is 14.0. The van der Waals surface area contributed by atoms with Gasteiger partial charge in [-0.05, 0) is 48.9 Å². The lowest BCUT2D eigenvalue weighted by molar-refractivity contribution is -0.249. The first-order chi connectivity index (χ1) is 21.5. The Morgan fingerprint density at radius 3 is 1.89 bits per heavy atom. The number of rotatable bonds is 2. The molecule has 0 spiro atoms. The van der Waals surface area contributed by atoms with Crippen LogP contribution in [0.25, 0.3) is 11.1 Å². The number of ether oxygens (including phenoxy) is 4. The summed E-state index contributed by atoms with van der Waals surface area (Å²) in [6.07, 6.45) is -7.24. The van der Waals surface area contributed by atoms with E-state index in [9.17, 15) is 54.9 Å². The number of carbonyl (C=O) groups is 4. The van der Waals surface area contributed by atoms with Gasteiger partial charge < -0.3 is 54.7 Å². The summed E-state index contributed by atoms with van der Waals surface area (Å²) in [6, 6.07) is 4.58. The number of aliphatic hydroxyl groups is 5. The molecule has 2 aromatic carbocycles. The molecule has 2 aliphatic carbocycles. The summed E-state index contributed by atoms with van der Waals surface area (Å²) in [7, 11) is 0.935. The van der Waals surface area contributed by atoms with E-state index in [1.165, 1.54) is 13.0 Å². The van der Waals surface area contributed by atoms with Gasteiger partial charge in [0.05, 0.1) is 13.2 Å². The largest absolute Gasteiger partial charge is 0.506 e. The van der Waals surface area contributed by atoms with Gasteiger partial charge in [-0.3, -0.25) is 9.59 Å². The number of benzene rings is 2. The number of carbonyl (C=O) groups excluding carboxylic acids is 4. The van der Waals surface area contributed by atoms with Gasteiger partial charge in [0.1, 0.15) is 52.4 Å². The molecule has 2 saturated carbocycles. The molecule has 46 heavy (non-hydrogen) atoms. The van der Waals surface area contributed by atoms with Crippen LogP contribution in [-0.4, -0.2) is 113 Å². The van der Waals surface area contributed by atoms with Crippen LogP contribution in [0.15, 0.2) is 24.3 Å². The first kappa shape index (κ1) is 30.4. The average molecular weight is 643 g/mol. The topological polar surface area (TPSA) is 247 Å². The third-order valence-corrected chi connectivity index (χ3v) is 10.5. The summed E-state index contributed by atoms with van der Waals surface area (Å²) in [5.74, 6) is -9.09. The molecule has 0 radical (unpaired) electrons. The van der Waals surface area contributed by atoms with Crippen molar-refractivity contribution >= 4 is 23.5 Å². The van der Waals surface area contributed by atoms with Gasteiger partial charge in [0.25, 0.3) is 11.2 Å². The number of Topliss-reactive ketones (excluding diaryl/α,β-unsaturated/α-hetero) is 2. The van der Waals surface area contributed by atoms with Gasteiger partial charge in [0, 0.05) is 11.1 Å². The van der Waals surface area contributed by atoms with E-state index in [1.807, 2.05) is 0 Å². The van der Waals surface area contributed by atoms with Gasteiger partial charge >= 0.3 is 11.9 Å². The van der Waals surface area contributed by atoms with Crippen LogP contribution in [0.2, 0.25) is 0 Å². The number of fused-ring (bicyclic) bond motifs is 3. The first-order valence-corrected chi connectivity index (χ1v) is 14.5. The summed E-state index contributed by atoms with van der Waals surface area (Å²) in [6.45, 7) is 3.06. The van der Waals surface area contributed by atoms with E-state index in [1.54, 1.807) is 6.92 Å². The lowest BCUT2D eigenvalue weighted by Gasteiger charge is -2.55. The average Bonchev–Trinajstić information content (AvgIpc) is 3.17. The highest BCUT2D eigenvalue weighted by molar-refractivity contribution is 6.16. The molecule has 0 aromatic heterocycles. The Kier molecular flexibility index (Phi) is 6.05. The minimum absolute atomic E-state index is 0.0843. The van der Waals surface area contributed by atoms with E-state index < -0.39 is 111 Å². The summed E-state index contributed by atoms with van der Waals surface area (Å²) in [5.41, 5.74) is -13.0. The van der Waals surface area contributed by atoms with Crippen LogP contribution >= 0.6 is 0 Å². The van der Waals surface area contributed by atoms with Crippen molar-refractivity contribution in [2.24, 2.45) is 11.8 Å². The number of hydrogen-bond acceptors (Lipinski definition) is 15. The zero-order valence-corrected chi connectivity index (χ0v) is 24.6. The highest BCUT2D eigenvalue weighted by Crippen LogP contribution is 2.58. The molecule has 3 fully saturated rings. The maximum Gasteiger partial charge on any atom is 0.357 e. The van der Waals surface area contributed by atoms with E-state index in [-0.39, 0.29) is 29.7 Å². The Bertz CT molecular complexity index is 1770. The van der Waals surface area contributed by atoms with E-state index >= 15 is 0 Å². The maximum atomic E-state index is 14.0. The number of phenolic OH excluding ortho intramolecular Hbond substituents is 2. The molecule has 7 N–H and O–H groups in total.